The van der Waals surface area contributed by atoms with E-state index in [-0.39, 0.29) is 0 Å². The fourth-order valence-corrected chi connectivity index (χ4v) is 2.79. The van der Waals surface area contributed by atoms with Crippen LogP contribution in [0.1, 0.15) is 29.5 Å². The molecule has 2 heteroatoms. The summed E-state index contributed by atoms with van der Waals surface area (Å²) in [6, 6.07) is 20.5. The number of likely N-dealkylation sites (tertiary alicyclic amines) is 1. The third kappa shape index (κ3) is 3.55. The smallest absolute Gasteiger partial charge is 0.0991 e. The summed E-state index contributed by atoms with van der Waals surface area (Å²) in [5, 5.41) is 8.85. The highest BCUT2D eigenvalue weighted by Gasteiger charge is 2.22. The molecule has 0 amide bonds. The maximum absolute atomic E-state index is 8.85. The van der Waals surface area contributed by atoms with E-state index in [1.54, 1.807) is 0 Å². The molecule has 0 radical (unpaired) electrons. The van der Waals surface area contributed by atoms with Crippen LogP contribution in [0.4, 0.5) is 0 Å². The summed E-state index contributed by atoms with van der Waals surface area (Å²) in [6.45, 7) is 1.99. The summed E-state index contributed by atoms with van der Waals surface area (Å²) in [5.74, 6) is 6.70. The van der Waals surface area contributed by atoms with Crippen molar-refractivity contribution in [2.24, 2.45) is 0 Å². The standard InChI is InChI=1S/C20H18N2/c21-15-18-8-10-19(11-9-18)16-22-14-4-7-20(22)13-12-17-5-2-1-3-6-17/h1-3,5-6,8-11,20H,4,7,14,16H2. The van der Waals surface area contributed by atoms with Crippen LogP contribution < -0.4 is 0 Å². The summed E-state index contributed by atoms with van der Waals surface area (Å²) in [7, 11) is 0. The summed E-state index contributed by atoms with van der Waals surface area (Å²) in [6.07, 6.45) is 2.33. The van der Waals surface area contributed by atoms with Crippen LogP contribution in [0.3, 0.4) is 0 Å². The highest BCUT2D eigenvalue weighted by atomic mass is 15.2. The van der Waals surface area contributed by atoms with E-state index < -0.39 is 0 Å². The molecule has 3 rings (SSSR count). The molecule has 2 aromatic carbocycles. The minimum atomic E-state index is 0.329. The monoisotopic (exact) mass is 286 g/mol. The minimum absolute atomic E-state index is 0.329. The number of hydrogen-bond donors (Lipinski definition) is 0. The van der Waals surface area contributed by atoms with Crippen molar-refractivity contribution in [1.29, 1.82) is 5.26 Å². The van der Waals surface area contributed by atoms with Gasteiger partial charge in [0.15, 0.2) is 0 Å². The maximum Gasteiger partial charge on any atom is 0.0991 e. The molecule has 1 aliphatic heterocycles. The van der Waals surface area contributed by atoms with Crippen LogP contribution in [0.15, 0.2) is 54.6 Å². The van der Waals surface area contributed by atoms with Crippen molar-refractivity contribution in [3.63, 3.8) is 0 Å². The second kappa shape index (κ2) is 6.94. The van der Waals surface area contributed by atoms with Gasteiger partial charge in [0.25, 0.3) is 0 Å². The lowest BCUT2D eigenvalue weighted by molar-refractivity contribution is 0.288. The molecule has 0 aliphatic carbocycles. The van der Waals surface area contributed by atoms with Crippen LogP contribution >= 0.6 is 0 Å². The quantitative estimate of drug-likeness (QED) is 0.789. The average molecular weight is 286 g/mol. The molecule has 1 saturated heterocycles. The molecule has 0 spiro atoms. The molecular weight excluding hydrogens is 268 g/mol. The molecule has 0 bridgehead atoms. The predicted octanol–water partition coefficient (Wildman–Crippen LogP) is 3.57. The molecule has 1 atom stereocenters. The van der Waals surface area contributed by atoms with E-state index in [1.807, 2.05) is 54.6 Å². The van der Waals surface area contributed by atoms with Gasteiger partial charge in [-0.2, -0.15) is 5.26 Å². The Morgan fingerprint density at radius 3 is 2.50 bits per heavy atom. The van der Waals surface area contributed by atoms with Crippen LogP contribution in [0.5, 0.6) is 0 Å². The molecule has 1 aliphatic rings. The number of hydrogen-bond acceptors (Lipinski definition) is 2. The average Bonchev–Trinajstić information content (AvgIpc) is 3.02. The molecule has 0 N–H and O–H groups in total. The molecule has 0 saturated carbocycles. The topological polar surface area (TPSA) is 27.0 Å². The molecule has 108 valence electrons. The van der Waals surface area contributed by atoms with Crippen molar-refractivity contribution >= 4 is 0 Å². The van der Waals surface area contributed by atoms with Gasteiger partial charge in [-0.25, -0.2) is 0 Å². The summed E-state index contributed by atoms with van der Waals surface area (Å²) in [5.41, 5.74) is 3.03. The Kier molecular flexibility index (Phi) is 4.54. The first-order valence-electron chi connectivity index (χ1n) is 7.65. The van der Waals surface area contributed by atoms with Gasteiger partial charge in [-0.3, -0.25) is 4.90 Å². The van der Waals surface area contributed by atoms with Crippen molar-refractivity contribution in [1.82, 2.24) is 4.90 Å². The van der Waals surface area contributed by atoms with Crippen molar-refractivity contribution < 1.29 is 0 Å². The fraction of sp³-hybridized carbons (Fsp3) is 0.250. The lowest BCUT2D eigenvalue weighted by Crippen LogP contribution is -2.27. The number of rotatable bonds is 2. The Morgan fingerprint density at radius 2 is 1.77 bits per heavy atom. The van der Waals surface area contributed by atoms with Crippen LogP contribution in [0.2, 0.25) is 0 Å². The van der Waals surface area contributed by atoms with Gasteiger partial charge in [0, 0.05) is 12.1 Å². The van der Waals surface area contributed by atoms with E-state index in [1.165, 1.54) is 12.0 Å². The zero-order chi connectivity index (χ0) is 15.2. The van der Waals surface area contributed by atoms with E-state index in [0.29, 0.717) is 11.6 Å². The first-order valence-corrected chi connectivity index (χ1v) is 7.65. The van der Waals surface area contributed by atoms with Gasteiger partial charge in [0.1, 0.15) is 0 Å². The van der Waals surface area contributed by atoms with Crippen LogP contribution in [-0.2, 0) is 6.54 Å². The minimum Gasteiger partial charge on any atom is -0.285 e. The third-order valence-corrected chi connectivity index (χ3v) is 3.99. The zero-order valence-electron chi connectivity index (χ0n) is 12.5. The Morgan fingerprint density at radius 1 is 1.00 bits per heavy atom. The molecule has 1 fully saturated rings. The molecule has 0 aromatic heterocycles. The van der Waals surface area contributed by atoms with E-state index in [4.69, 9.17) is 5.26 Å². The maximum atomic E-state index is 8.85. The summed E-state index contributed by atoms with van der Waals surface area (Å²) >= 11 is 0. The van der Waals surface area contributed by atoms with Crippen molar-refractivity contribution in [3.8, 4) is 17.9 Å². The van der Waals surface area contributed by atoms with Gasteiger partial charge < -0.3 is 0 Å². The molecular formula is C20H18N2. The highest BCUT2D eigenvalue weighted by Crippen LogP contribution is 2.20. The summed E-state index contributed by atoms with van der Waals surface area (Å²) < 4.78 is 0. The van der Waals surface area contributed by atoms with E-state index >= 15 is 0 Å². The van der Waals surface area contributed by atoms with Crippen molar-refractivity contribution in [2.75, 3.05) is 6.54 Å². The van der Waals surface area contributed by atoms with Gasteiger partial charge in [-0.15, -0.1) is 0 Å². The van der Waals surface area contributed by atoms with Crippen molar-refractivity contribution in [2.45, 2.75) is 25.4 Å². The van der Waals surface area contributed by atoms with Gasteiger partial charge in [-0.05, 0) is 49.2 Å². The Labute approximate surface area is 132 Å². The first kappa shape index (κ1) is 14.4. The highest BCUT2D eigenvalue weighted by molar-refractivity contribution is 5.35. The van der Waals surface area contributed by atoms with Gasteiger partial charge in [0.05, 0.1) is 17.7 Å². The van der Waals surface area contributed by atoms with Crippen LogP contribution in [0, 0.1) is 23.2 Å². The van der Waals surface area contributed by atoms with Crippen LogP contribution in [0.25, 0.3) is 0 Å². The van der Waals surface area contributed by atoms with Gasteiger partial charge in [-0.1, -0.05) is 42.2 Å². The van der Waals surface area contributed by atoms with Gasteiger partial charge in [0.2, 0.25) is 0 Å². The second-order valence-electron chi connectivity index (χ2n) is 5.57. The summed E-state index contributed by atoms with van der Waals surface area (Å²) in [4.78, 5) is 2.43. The molecule has 22 heavy (non-hydrogen) atoms. The molecule has 1 unspecified atom stereocenters. The first-order chi connectivity index (χ1) is 10.8. The second-order valence-corrected chi connectivity index (χ2v) is 5.57. The lowest BCUT2D eigenvalue weighted by atomic mass is 10.1. The molecule has 1 heterocycles. The largest absolute Gasteiger partial charge is 0.285 e. The third-order valence-electron chi connectivity index (χ3n) is 3.99. The Bertz CT molecular complexity index is 714. The van der Waals surface area contributed by atoms with Gasteiger partial charge >= 0.3 is 0 Å². The fourth-order valence-electron chi connectivity index (χ4n) is 2.79. The SMILES string of the molecule is N#Cc1ccc(CN2CCCC2C#Cc2ccccc2)cc1. The molecule has 2 nitrogen and oxygen atoms in total. The Balaban J connectivity index is 1.68. The Hall–Kier alpha value is -2.55. The normalized spacial score (nSPS) is 17.5. The van der Waals surface area contributed by atoms with E-state index in [2.05, 4.69) is 22.8 Å². The lowest BCUT2D eigenvalue weighted by Gasteiger charge is -2.20. The molecule has 2 aromatic rings. The number of nitriles is 1. The van der Waals surface area contributed by atoms with E-state index in [9.17, 15) is 0 Å². The number of nitrogens with zero attached hydrogens (tertiary/aromatic N) is 2. The number of benzene rings is 2. The van der Waals surface area contributed by atoms with Crippen LogP contribution in [-0.4, -0.2) is 17.5 Å². The van der Waals surface area contributed by atoms with E-state index in [0.717, 1.165) is 25.1 Å². The predicted molar refractivity (Wildman–Crippen MR) is 87.9 cm³/mol. The van der Waals surface area contributed by atoms with Crippen molar-refractivity contribution in [3.05, 3.63) is 71.3 Å². The zero-order valence-corrected chi connectivity index (χ0v) is 12.5.